The standard InChI is InChI=1S/C11H12F3NO2/c12-11(13,14)17-10-3-1-8(2-4-10)15-6-5-9(16)7-15/h1-4,9,16H,5-7H2. The van der Waals surface area contributed by atoms with Crippen molar-refractivity contribution >= 4 is 5.69 Å². The van der Waals surface area contributed by atoms with Crippen molar-refractivity contribution in [2.45, 2.75) is 18.9 Å². The fourth-order valence-corrected chi connectivity index (χ4v) is 1.83. The third-order valence-electron chi connectivity index (χ3n) is 2.60. The Bertz CT molecular complexity index is 377. The Kier molecular flexibility index (Phi) is 3.15. The van der Waals surface area contributed by atoms with E-state index in [-0.39, 0.29) is 11.9 Å². The molecule has 0 bridgehead atoms. The molecular weight excluding hydrogens is 235 g/mol. The first-order valence-corrected chi connectivity index (χ1v) is 5.23. The first-order valence-electron chi connectivity index (χ1n) is 5.23. The quantitative estimate of drug-likeness (QED) is 0.869. The molecule has 0 saturated carbocycles. The highest BCUT2D eigenvalue weighted by Crippen LogP contribution is 2.26. The van der Waals surface area contributed by atoms with Gasteiger partial charge in [-0.05, 0) is 30.7 Å². The van der Waals surface area contributed by atoms with E-state index in [0.717, 1.165) is 5.69 Å². The number of aliphatic hydroxyl groups excluding tert-OH is 1. The zero-order valence-corrected chi connectivity index (χ0v) is 8.94. The van der Waals surface area contributed by atoms with Crippen LogP contribution in [0.4, 0.5) is 18.9 Å². The van der Waals surface area contributed by atoms with Crippen LogP contribution in [-0.4, -0.2) is 30.7 Å². The minimum atomic E-state index is -4.66. The SMILES string of the molecule is OC1CCN(c2ccc(OC(F)(F)F)cc2)C1. The fraction of sp³-hybridized carbons (Fsp3) is 0.455. The molecule has 1 fully saturated rings. The van der Waals surface area contributed by atoms with Crippen molar-refractivity contribution < 1.29 is 23.0 Å². The average Bonchev–Trinajstić information content (AvgIpc) is 2.63. The van der Waals surface area contributed by atoms with Gasteiger partial charge in [-0.1, -0.05) is 0 Å². The van der Waals surface area contributed by atoms with Crippen LogP contribution in [0.2, 0.25) is 0 Å². The largest absolute Gasteiger partial charge is 0.573 e. The number of aliphatic hydroxyl groups is 1. The summed E-state index contributed by atoms with van der Waals surface area (Å²) in [6, 6.07) is 5.65. The third kappa shape index (κ3) is 3.26. The minimum absolute atomic E-state index is 0.235. The summed E-state index contributed by atoms with van der Waals surface area (Å²) in [6.45, 7) is 1.22. The molecule has 0 amide bonds. The van der Waals surface area contributed by atoms with E-state index in [1.54, 1.807) is 12.1 Å². The predicted octanol–water partition coefficient (Wildman–Crippen LogP) is 2.16. The first-order chi connectivity index (χ1) is 7.94. The Morgan fingerprint density at radius 3 is 2.35 bits per heavy atom. The van der Waals surface area contributed by atoms with Gasteiger partial charge in [0.1, 0.15) is 5.75 Å². The van der Waals surface area contributed by atoms with Gasteiger partial charge in [0, 0.05) is 18.8 Å². The number of ether oxygens (including phenoxy) is 1. The van der Waals surface area contributed by atoms with Crippen molar-refractivity contribution in [2.75, 3.05) is 18.0 Å². The molecule has 3 nitrogen and oxygen atoms in total. The minimum Gasteiger partial charge on any atom is -0.406 e. The predicted molar refractivity (Wildman–Crippen MR) is 56.0 cm³/mol. The van der Waals surface area contributed by atoms with Crippen LogP contribution in [0, 0.1) is 0 Å². The lowest BCUT2D eigenvalue weighted by Gasteiger charge is -2.18. The first kappa shape index (κ1) is 12.0. The second-order valence-electron chi connectivity index (χ2n) is 3.93. The Balaban J connectivity index is 2.03. The van der Waals surface area contributed by atoms with Gasteiger partial charge in [0.15, 0.2) is 0 Å². The number of benzene rings is 1. The van der Waals surface area contributed by atoms with Gasteiger partial charge in [-0.25, -0.2) is 0 Å². The molecule has 6 heteroatoms. The highest BCUT2D eigenvalue weighted by molar-refractivity contribution is 5.50. The monoisotopic (exact) mass is 247 g/mol. The van der Waals surface area contributed by atoms with Gasteiger partial charge < -0.3 is 14.7 Å². The van der Waals surface area contributed by atoms with Crippen molar-refractivity contribution in [3.63, 3.8) is 0 Å². The van der Waals surface area contributed by atoms with E-state index in [4.69, 9.17) is 0 Å². The molecule has 0 radical (unpaired) electrons. The highest BCUT2D eigenvalue weighted by Gasteiger charge is 2.31. The molecule has 1 aliphatic rings. The van der Waals surface area contributed by atoms with E-state index in [1.807, 2.05) is 4.90 Å². The second kappa shape index (κ2) is 4.44. The summed E-state index contributed by atoms with van der Waals surface area (Å²) in [5, 5.41) is 9.35. The number of rotatable bonds is 2. The van der Waals surface area contributed by atoms with Crippen LogP contribution in [0.15, 0.2) is 24.3 Å². The van der Waals surface area contributed by atoms with Crippen molar-refractivity contribution in [3.05, 3.63) is 24.3 Å². The number of β-amino-alcohol motifs (C(OH)–C–C–N with tert-alkyl or cyclic N) is 1. The van der Waals surface area contributed by atoms with Gasteiger partial charge in [-0.15, -0.1) is 13.2 Å². The van der Waals surface area contributed by atoms with E-state index in [2.05, 4.69) is 4.74 Å². The van der Waals surface area contributed by atoms with E-state index in [0.29, 0.717) is 19.5 Å². The molecule has 2 rings (SSSR count). The maximum absolute atomic E-state index is 11.9. The number of halogens is 3. The van der Waals surface area contributed by atoms with E-state index >= 15 is 0 Å². The van der Waals surface area contributed by atoms with E-state index in [9.17, 15) is 18.3 Å². The van der Waals surface area contributed by atoms with Crippen LogP contribution in [0.5, 0.6) is 5.75 Å². The van der Waals surface area contributed by atoms with Crippen LogP contribution in [0.3, 0.4) is 0 Å². The van der Waals surface area contributed by atoms with Gasteiger partial charge in [-0.2, -0.15) is 0 Å². The van der Waals surface area contributed by atoms with Gasteiger partial charge in [-0.3, -0.25) is 0 Å². The van der Waals surface area contributed by atoms with Crippen LogP contribution in [0.1, 0.15) is 6.42 Å². The van der Waals surface area contributed by atoms with Gasteiger partial charge in [0.25, 0.3) is 0 Å². The van der Waals surface area contributed by atoms with Crippen molar-refractivity contribution in [3.8, 4) is 5.75 Å². The summed E-state index contributed by atoms with van der Waals surface area (Å²) >= 11 is 0. The molecule has 17 heavy (non-hydrogen) atoms. The maximum atomic E-state index is 11.9. The van der Waals surface area contributed by atoms with E-state index in [1.165, 1.54) is 12.1 Å². The van der Waals surface area contributed by atoms with Crippen LogP contribution < -0.4 is 9.64 Å². The summed E-state index contributed by atoms with van der Waals surface area (Å²) < 4.78 is 39.6. The summed E-state index contributed by atoms with van der Waals surface area (Å²) in [5.74, 6) is -0.235. The molecule has 1 atom stereocenters. The average molecular weight is 247 g/mol. The lowest BCUT2D eigenvalue weighted by atomic mass is 10.3. The molecule has 1 heterocycles. The Labute approximate surface area is 96.4 Å². The molecule has 1 aliphatic heterocycles. The summed E-state index contributed by atoms with van der Waals surface area (Å²) in [4.78, 5) is 1.92. The maximum Gasteiger partial charge on any atom is 0.573 e. The molecule has 0 spiro atoms. The molecule has 1 unspecified atom stereocenters. The van der Waals surface area contributed by atoms with Crippen LogP contribution in [0.25, 0.3) is 0 Å². The topological polar surface area (TPSA) is 32.7 Å². The highest BCUT2D eigenvalue weighted by atomic mass is 19.4. The zero-order valence-electron chi connectivity index (χ0n) is 8.94. The molecular formula is C11H12F3NO2. The number of hydrogen-bond acceptors (Lipinski definition) is 3. The van der Waals surface area contributed by atoms with E-state index < -0.39 is 6.36 Å². The van der Waals surface area contributed by atoms with Crippen molar-refractivity contribution in [1.29, 1.82) is 0 Å². The normalized spacial score (nSPS) is 20.7. The molecule has 0 aliphatic carbocycles. The lowest BCUT2D eigenvalue weighted by molar-refractivity contribution is -0.274. The zero-order chi connectivity index (χ0) is 12.5. The second-order valence-corrected chi connectivity index (χ2v) is 3.93. The van der Waals surface area contributed by atoms with Gasteiger partial charge in [0.2, 0.25) is 0 Å². The van der Waals surface area contributed by atoms with Crippen LogP contribution in [-0.2, 0) is 0 Å². The summed E-state index contributed by atoms with van der Waals surface area (Å²) in [5.41, 5.74) is 0.788. The number of nitrogens with zero attached hydrogens (tertiary/aromatic N) is 1. The molecule has 94 valence electrons. The third-order valence-corrected chi connectivity index (χ3v) is 2.60. The molecule has 1 N–H and O–H groups in total. The molecule has 1 aromatic carbocycles. The summed E-state index contributed by atoms with van der Waals surface area (Å²) in [6.07, 6.45) is -4.34. The lowest BCUT2D eigenvalue weighted by Crippen LogP contribution is -2.21. The van der Waals surface area contributed by atoms with Crippen LogP contribution >= 0.6 is 0 Å². The van der Waals surface area contributed by atoms with Crippen molar-refractivity contribution in [1.82, 2.24) is 0 Å². The Morgan fingerprint density at radius 2 is 1.88 bits per heavy atom. The molecule has 1 aromatic rings. The van der Waals surface area contributed by atoms with Gasteiger partial charge in [0.05, 0.1) is 6.10 Å². The Hall–Kier alpha value is -1.43. The summed E-state index contributed by atoms with van der Waals surface area (Å²) in [7, 11) is 0. The number of anilines is 1. The Morgan fingerprint density at radius 1 is 1.24 bits per heavy atom. The van der Waals surface area contributed by atoms with Crippen molar-refractivity contribution in [2.24, 2.45) is 0 Å². The molecule has 1 saturated heterocycles. The number of alkyl halides is 3. The smallest absolute Gasteiger partial charge is 0.406 e. The van der Waals surface area contributed by atoms with Gasteiger partial charge >= 0.3 is 6.36 Å². The number of hydrogen-bond donors (Lipinski definition) is 1. The molecule has 0 aromatic heterocycles. The fourth-order valence-electron chi connectivity index (χ4n) is 1.83.